The number of terminal acetylenes is 1. The van der Waals surface area contributed by atoms with E-state index in [-0.39, 0.29) is 5.75 Å². The number of nitrogens with zero attached hydrogens (tertiary/aromatic N) is 1. The molecule has 0 aliphatic carbocycles. The summed E-state index contributed by atoms with van der Waals surface area (Å²) in [5.41, 5.74) is 1.45. The predicted octanol–water partition coefficient (Wildman–Crippen LogP) is 2.89. The quantitative estimate of drug-likeness (QED) is 0.697. The van der Waals surface area contributed by atoms with E-state index in [0.29, 0.717) is 22.0 Å². The minimum Gasteiger partial charge on any atom is -0.479 e. The zero-order valence-electron chi connectivity index (χ0n) is 11.0. The Morgan fingerprint density at radius 2 is 2.25 bits per heavy atom. The first-order chi connectivity index (χ1) is 9.43. The van der Waals surface area contributed by atoms with Crippen molar-refractivity contribution in [3.05, 3.63) is 35.3 Å². The maximum absolute atomic E-state index is 14.2. The maximum atomic E-state index is 14.2. The van der Waals surface area contributed by atoms with Gasteiger partial charge in [-0.05, 0) is 26.0 Å². The Morgan fingerprint density at radius 3 is 2.85 bits per heavy atom. The number of ether oxygens (including phenoxy) is 1. The molecule has 1 atom stereocenters. The molecule has 1 aromatic carbocycles. The average molecular weight is 289 g/mol. The standard InChI is InChI=1S/C15H12FNO2S/c1-4-10-5-11-6-12(19-9(3)15(18)20)13(16)8(2)14(11)17-7-10/h1,5-7,9H,2-3H3,(H,18,20). The van der Waals surface area contributed by atoms with Gasteiger partial charge in [0.2, 0.25) is 5.12 Å². The van der Waals surface area contributed by atoms with Crippen LogP contribution in [0.15, 0.2) is 18.3 Å². The summed E-state index contributed by atoms with van der Waals surface area (Å²) < 4.78 is 19.5. The molecule has 102 valence electrons. The van der Waals surface area contributed by atoms with Crippen LogP contribution in [0.25, 0.3) is 10.9 Å². The number of thiol groups is 1. The van der Waals surface area contributed by atoms with Crippen LogP contribution < -0.4 is 4.74 Å². The fourth-order valence-electron chi connectivity index (χ4n) is 1.80. The minimum atomic E-state index is -0.839. The van der Waals surface area contributed by atoms with E-state index >= 15 is 0 Å². The van der Waals surface area contributed by atoms with Gasteiger partial charge in [-0.15, -0.1) is 19.1 Å². The molecule has 1 aromatic heterocycles. The summed E-state index contributed by atoms with van der Waals surface area (Å²) in [7, 11) is 0. The van der Waals surface area contributed by atoms with Gasteiger partial charge in [-0.25, -0.2) is 4.39 Å². The van der Waals surface area contributed by atoms with E-state index in [1.807, 2.05) is 0 Å². The molecule has 0 saturated heterocycles. The summed E-state index contributed by atoms with van der Waals surface area (Å²) in [5, 5.41) is 0.186. The number of hydrogen-bond donors (Lipinski definition) is 1. The van der Waals surface area contributed by atoms with E-state index in [1.54, 1.807) is 13.0 Å². The molecule has 0 fully saturated rings. The molecule has 3 nitrogen and oxygen atoms in total. The van der Waals surface area contributed by atoms with Crippen LogP contribution in [0.4, 0.5) is 4.39 Å². The van der Waals surface area contributed by atoms with E-state index in [9.17, 15) is 9.18 Å². The first-order valence-electron chi connectivity index (χ1n) is 5.89. The summed E-state index contributed by atoms with van der Waals surface area (Å²) in [5.74, 6) is 1.91. The van der Waals surface area contributed by atoms with E-state index in [2.05, 4.69) is 23.5 Å². The smallest absolute Gasteiger partial charge is 0.226 e. The van der Waals surface area contributed by atoms with Crippen molar-refractivity contribution in [2.24, 2.45) is 0 Å². The van der Waals surface area contributed by atoms with Gasteiger partial charge in [0.05, 0.1) is 5.52 Å². The maximum Gasteiger partial charge on any atom is 0.226 e. The number of carbonyl (C=O) groups excluding carboxylic acids is 1. The number of fused-ring (bicyclic) bond motifs is 1. The second-order valence-corrected chi connectivity index (χ2v) is 4.79. The van der Waals surface area contributed by atoms with Gasteiger partial charge in [-0.3, -0.25) is 9.78 Å². The predicted molar refractivity (Wildman–Crippen MR) is 78.5 cm³/mol. The van der Waals surface area contributed by atoms with Crippen LogP contribution in [-0.2, 0) is 4.79 Å². The third-order valence-corrected chi connectivity index (χ3v) is 3.29. The number of hydrogen-bond acceptors (Lipinski definition) is 3. The third-order valence-electron chi connectivity index (χ3n) is 2.92. The number of rotatable bonds is 3. The molecule has 5 heteroatoms. The minimum absolute atomic E-state index is 0.0131. The van der Waals surface area contributed by atoms with Crippen LogP contribution in [0.2, 0.25) is 0 Å². The van der Waals surface area contributed by atoms with Gasteiger partial charge < -0.3 is 4.74 Å². The Hall–Kier alpha value is -2.06. The summed E-state index contributed by atoms with van der Waals surface area (Å²) in [6.45, 7) is 3.10. The fourth-order valence-corrected chi connectivity index (χ4v) is 1.86. The first-order valence-corrected chi connectivity index (χ1v) is 6.33. The Labute approximate surface area is 121 Å². The summed E-state index contributed by atoms with van der Waals surface area (Å²) in [6, 6.07) is 3.20. The van der Waals surface area contributed by atoms with Gasteiger partial charge in [0.25, 0.3) is 0 Å². The summed E-state index contributed by atoms with van der Waals surface area (Å²) in [4.78, 5) is 15.2. The highest BCUT2D eigenvalue weighted by Gasteiger charge is 2.17. The monoisotopic (exact) mass is 289 g/mol. The highest BCUT2D eigenvalue weighted by atomic mass is 32.1. The van der Waals surface area contributed by atoms with E-state index in [0.717, 1.165) is 0 Å². The topological polar surface area (TPSA) is 39.2 Å². The Balaban J connectivity index is 2.58. The molecule has 1 heterocycles. The van der Waals surface area contributed by atoms with Crippen molar-refractivity contribution in [3.8, 4) is 18.1 Å². The van der Waals surface area contributed by atoms with Gasteiger partial charge in [-0.1, -0.05) is 5.92 Å². The van der Waals surface area contributed by atoms with E-state index < -0.39 is 17.0 Å². The second-order valence-electron chi connectivity index (χ2n) is 4.35. The van der Waals surface area contributed by atoms with Crippen LogP contribution in [0.1, 0.15) is 18.1 Å². The molecular formula is C15H12FNO2S. The van der Waals surface area contributed by atoms with Gasteiger partial charge in [0, 0.05) is 22.7 Å². The van der Waals surface area contributed by atoms with Crippen LogP contribution >= 0.6 is 12.6 Å². The van der Waals surface area contributed by atoms with Crippen molar-refractivity contribution >= 4 is 28.6 Å². The second kappa shape index (κ2) is 5.51. The lowest BCUT2D eigenvalue weighted by molar-refractivity contribution is -0.116. The molecule has 2 rings (SSSR count). The summed E-state index contributed by atoms with van der Waals surface area (Å²) >= 11 is 3.66. The number of pyridine rings is 1. The average Bonchev–Trinajstić information content (AvgIpc) is 2.43. The van der Waals surface area contributed by atoms with Crippen LogP contribution in [0.5, 0.6) is 5.75 Å². The molecule has 1 unspecified atom stereocenters. The molecule has 0 amide bonds. The van der Waals surface area contributed by atoms with Crippen molar-refractivity contribution in [2.75, 3.05) is 0 Å². The van der Waals surface area contributed by atoms with Gasteiger partial charge in [0.15, 0.2) is 17.7 Å². The van der Waals surface area contributed by atoms with E-state index in [4.69, 9.17) is 11.2 Å². The third kappa shape index (κ3) is 2.61. The Kier molecular flexibility index (Phi) is 3.96. The van der Waals surface area contributed by atoms with Crippen molar-refractivity contribution in [1.29, 1.82) is 0 Å². The van der Waals surface area contributed by atoms with E-state index in [1.165, 1.54) is 19.2 Å². The van der Waals surface area contributed by atoms with Crippen LogP contribution in [0.3, 0.4) is 0 Å². The van der Waals surface area contributed by atoms with Gasteiger partial charge in [-0.2, -0.15) is 0 Å². The SMILES string of the molecule is C#Cc1cnc2c(C)c(F)c(OC(C)C(=O)S)cc2c1. The number of aryl methyl sites for hydroxylation is 1. The number of benzene rings is 1. The number of carbonyl (C=O) groups is 1. The number of halogens is 1. The molecule has 0 radical (unpaired) electrons. The molecule has 0 aliphatic heterocycles. The van der Waals surface area contributed by atoms with Gasteiger partial charge in [0.1, 0.15) is 0 Å². The van der Waals surface area contributed by atoms with Crippen molar-refractivity contribution < 1.29 is 13.9 Å². The van der Waals surface area contributed by atoms with Crippen molar-refractivity contribution in [2.45, 2.75) is 20.0 Å². The lowest BCUT2D eigenvalue weighted by atomic mass is 10.1. The molecule has 0 saturated carbocycles. The zero-order valence-corrected chi connectivity index (χ0v) is 11.9. The molecule has 0 bridgehead atoms. The normalized spacial score (nSPS) is 11.9. The van der Waals surface area contributed by atoms with Crippen LogP contribution in [-0.4, -0.2) is 16.2 Å². The van der Waals surface area contributed by atoms with Gasteiger partial charge >= 0.3 is 0 Å². The Morgan fingerprint density at radius 1 is 1.55 bits per heavy atom. The van der Waals surface area contributed by atoms with Crippen molar-refractivity contribution in [3.63, 3.8) is 0 Å². The highest BCUT2D eigenvalue weighted by molar-refractivity contribution is 7.96. The largest absolute Gasteiger partial charge is 0.479 e. The molecule has 20 heavy (non-hydrogen) atoms. The molecule has 0 aliphatic rings. The Bertz CT molecular complexity index is 737. The van der Waals surface area contributed by atoms with Crippen molar-refractivity contribution in [1.82, 2.24) is 4.98 Å². The fraction of sp³-hybridized carbons (Fsp3) is 0.200. The number of aromatic nitrogens is 1. The summed E-state index contributed by atoms with van der Waals surface area (Å²) in [6.07, 6.45) is 5.99. The molecule has 0 N–H and O–H groups in total. The molecular weight excluding hydrogens is 277 g/mol. The highest BCUT2D eigenvalue weighted by Crippen LogP contribution is 2.29. The first kappa shape index (κ1) is 14.4. The lowest BCUT2D eigenvalue weighted by Gasteiger charge is -2.14. The van der Waals surface area contributed by atoms with Crippen LogP contribution in [0, 0.1) is 25.1 Å². The zero-order chi connectivity index (χ0) is 14.9. The molecule has 2 aromatic rings. The molecule has 0 spiro atoms. The lowest BCUT2D eigenvalue weighted by Crippen LogP contribution is -2.19.